The van der Waals surface area contributed by atoms with E-state index in [1.807, 2.05) is 62.9 Å². The molecule has 4 amide bonds. The van der Waals surface area contributed by atoms with Crippen molar-refractivity contribution < 1.29 is 37.4 Å². The number of fused-ring (bicyclic) bond motifs is 2. The van der Waals surface area contributed by atoms with Crippen LogP contribution in [0.15, 0.2) is 78.9 Å². The van der Waals surface area contributed by atoms with Crippen LogP contribution in [0.4, 0.5) is 24.1 Å². The topological polar surface area (TPSA) is 178 Å². The first kappa shape index (κ1) is 51.4. The number of methoxy groups -OCH3 is 2. The molecule has 10 rings (SSSR count). The number of nitrogens with one attached hydrogen (secondary N) is 4. The number of alkyl carbamates (subject to hydrolysis) is 2. The molecule has 0 bridgehead atoms. The van der Waals surface area contributed by atoms with Crippen LogP contribution in [0, 0.1) is 23.5 Å². The Kier molecular flexibility index (Phi) is 14.9. The number of H-pyrrole nitrogens is 2. The quantitative estimate of drug-likeness (QED) is 0.0876. The summed E-state index contributed by atoms with van der Waals surface area (Å²) in [4.78, 5) is 75.1. The number of carbonyl (C=O) groups is 4. The highest BCUT2D eigenvalue weighted by atomic mass is 19.1. The lowest BCUT2D eigenvalue weighted by molar-refractivity contribution is -0.136. The highest BCUT2D eigenvalue weighted by Gasteiger charge is 2.43. The number of aromatic amines is 2. The second-order valence-electron chi connectivity index (χ2n) is 21.7. The van der Waals surface area contributed by atoms with Gasteiger partial charge in [-0.05, 0) is 140 Å². The number of amides is 4. The predicted molar refractivity (Wildman–Crippen MR) is 282 cm³/mol. The van der Waals surface area contributed by atoms with Gasteiger partial charge in [-0.3, -0.25) is 9.59 Å². The molecule has 396 valence electrons. The summed E-state index contributed by atoms with van der Waals surface area (Å²) in [5, 5.41) is 5.44. The number of nitrogens with zero attached hydrogens (tertiary/aromatic N) is 5. The molecular formula is C58H69F2N9O6. The van der Waals surface area contributed by atoms with Crippen LogP contribution >= 0.6 is 0 Å². The number of hydrogen-bond acceptors (Lipinski definition) is 9. The third kappa shape index (κ3) is 10.3. The minimum atomic E-state index is -0.763. The largest absolute Gasteiger partial charge is 0.453 e. The predicted octanol–water partition coefficient (Wildman–Crippen LogP) is 10.6. The summed E-state index contributed by atoms with van der Waals surface area (Å²) in [5.41, 5.74) is 6.88. The van der Waals surface area contributed by atoms with E-state index in [9.17, 15) is 19.2 Å². The number of hydrogen-bond donors (Lipinski definition) is 4. The molecule has 3 aliphatic heterocycles. The van der Waals surface area contributed by atoms with Crippen LogP contribution in [0.3, 0.4) is 0 Å². The molecule has 15 nitrogen and oxygen atoms in total. The molecule has 3 unspecified atom stereocenters. The van der Waals surface area contributed by atoms with Gasteiger partial charge in [-0.1, -0.05) is 70.2 Å². The molecule has 4 fully saturated rings. The molecule has 1 aliphatic carbocycles. The average Bonchev–Trinajstić information content (AvgIpc) is 4.28. The number of halogens is 2. The Balaban J connectivity index is 0.978. The lowest BCUT2D eigenvalue weighted by atomic mass is 9.77. The van der Waals surface area contributed by atoms with E-state index in [2.05, 4.69) is 57.0 Å². The van der Waals surface area contributed by atoms with E-state index in [1.165, 1.54) is 19.8 Å². The van der Waals surface area contributed by atoms with E-state index in [4.69, 9.17) is 19.4 Å². The fraction of sp³-hybridized carbons (Fsp3) is 0.483. The van der Waals surface area contributed by atoms with Crippen LogP contribution in [0.25, 0.3) is 22.1 Å². The number of anilines is 1. The van der Waals surface area contributed by atoms with Crippen molar-refractivity contribution in [2.75, 3.05) is 45.3 Å². The molecule has 3 saturated heterocycles. The Hall–Kier alpha value is -7.04. The monoisotopic (exact) mass is 1030 g/mol. The first-order valence-electron chi connectivity index (χ1n) is 26.8. The van der Waals surface area contributed by atoms with Crippen molar-refractivity contribution in [1.29, 1.82) is 0 Å². The zero-order valence-electron chi connectivity index (χ0n) is 43.7. The molecule has 2 aromatic heterocycles. The van der Waals surface area contributed by atoms with Crippen molar-refractivity contribution in [1.82, 2.24) is 40.4 Å². The molecule has 4 aliphatic rings. The number of benzene rings is 4. The summed E-state index contributed by atoms with van der Waals surface area (Å²) in [5.74, 6) is -0.959. The van der Waals surface area contributed by atoms with Gasteiger partial charge in [-0.25, -0.2) is 28.3 Å². The Morgan fingerprint density at radius 2 is 1.08 bits per heavy atom. The van der Waals surface area contributed by atoms with Crippen molar-refractivity contribution in [2.24, 2.45) is 11.8 Å². The fourth-order valence-electron chi connectivity index (χ4n) is 12.7. The maximum atomic E-state index is 17.0. The molecule has 1 saturated carbocycles. The van der Waals surface area contributed by atoms with Gasteiger partial charge in [0.1, 0.15) is 41.1 Å². The van der Waals surface area contributed by atoms with Gasteiger partial charge in [0.05, 0.1) is 48.4 Å². The Labute approximate surface area is 436 Å². The lowest BCUT2D eigenvalue weighted by Gasteiger charge is -2.35. The Morgan fingerprint density at radius 3 is 1.55 bits per heavy atom. The summed E-state index contributed by atoms with van der Waals surface area (Å²) in [6.07, 6.45) is 4.92. The Morgan fingerprint density at radius 1 is 0.600 bits per heavy atom. The highest BCUT2D eigenvalue weighted by Crippen LogP contribution is 2.55. The minimum absolute atomic E-state index is 0.0174. The third-order valence-electron chi connectivity index (χ3n) is 16.5. The van der Waals surface area contributed by atoms with Gasteiger partial charge in [-0.2, -0.15) is 0 Å². The number of imidazole rings is 2. The minimum Gasteiger partial charge on any atom is -0.453 e. The van der Waals surface area contributed by atoms with Crippen LogP contribution in [-0.4, -0.2) is 106 Å². The Bertz CT molecular complexity index is 2900. The smallest absolute Gasteiger partial charge is 0.407 e. The third-order valence-corrected chi connectivity index (χ3v) is 16.5. The zero-order chi connectivity index (χ0) is 52.7. The summed E-state index contributed by atoms with van der Waals surface area (Å²) in [6, 6.07) is 23.5. The number of ether oxygens (including phenoxy) is 2. The summed E-state index contributed by atoms with van der Waals surface area (Å²) >= 11 is 0. The van der Waals surface area contributed by atoms with E-state index in [1.54, 1.807) is 21.9 Å². The second-order valence-corrected chi connectivity index (χ2v) is 21.7. The SMILES string of the molecule is COC(=O)NC(C(=O)N1CCC[C@H]1c1nc2ccc([C@H]3CC[C@H](c4ccc5nc([C@@H]6CCCN6C(=O)[C@@H](NC(=O)OC)C(C)C)[nH]c5c4)C3c3cc(F)c(N4CCCC(c5ccccc5)C4)c(F)c3)cc2[nH]1)C(C)C. The fourth-order valence-corrected chi connectivity index (χ4v) is 12.7. The van der Waals surface area contributed by atoms with Crippen LogP contribution in [0.1, 0.15) is 149 Å². The highest BCUT2D eigenvalue weighted by molar-refractivity contribution is 5.87. The normalized spacial score (nSPS) is 22.8. The van der Waals surface area contributed by atoms with E-state index in [-0.39, 0.29) is 65.1 Å². The molecular weight excluding hydrogens is 957 g/mol. The number of rotatable bonds is 13. The molecule has 8 atom stereocenters. The molecule has 4 aromatic carbocycles. The lowest BCUT2D eigenvalue weighted by Crippen LogP contribution is -2.51. The number of likely N-dealkylation sites (tertiary alicyclic amines) is 2. The van der Waals surface area contributed by atoms with Gasteiger partial charge in [-0.15, -0.1) is 0 Å². The molecule has 0 spiro atoms. The number of aromatic nitrogens is 4. The summed E-state index contributed by atoms with van der Waals surface area (Å²) in [7, 11) is 2.56. The van der Waals surface area contributed by atoms with Crippen molar-refractivity contribution in [3.8, 4) is 0 Å². The molecule has 17 heteroatoms. The van der Waals surface area contributed by atoms with Crippen LogP contribution < -0.4 is 15.5 Å². The first-order chi connectivity index (χ1) is 36.2. The van der Waals surface area contributed by atoms with Gasteiger partial charge < -0.3 is 44.8 Å². The van der Waals surface area contributed by atoms with Crippen molar-refractivity contribution in [2.45, 2.75) is 127 Å². The van der Waals surface area contributed by atoms with E-state index >= 15 is 8.78 Å². The van der Waals surface area contributed by atoms with Gasteiger partial charge in [0.25, 0.3) is 0 Å². The molecule has 4 N–H and O–H groups in total. The van der Waals surface area contributed by atoms with E-state index in [0.29, 0.717) is 56.2 Å². The first-order valence-corrected chi connectivity index (χ1v) is 26.8. The van der Waals surface area contributed by atoms with Crippen molar-refractivity contribution in [3.05, 3.63) is 124 Å². The zero-order valence-corrected chi connectivity index (χ0v) is 43.7. The van der Waals surface area contributed by atoms with E-state index in [0.717, 1.165) is 71.7 Å². The average molecular weight is 1030 g/mol. The molecule has 5 heterocycles. The van der Waals surface area contributed by atoms with Gasteiger partial charge in [0.15, 0.2) is 0 Å². The van der Waals surface area contributed by atoms with Crippen molar-refractivity contribution >= 4 is 51.8 Å². The van der Waals surface area contributed by atoms with Gasteiger partial charge >= 0.3 is 12.2 Å². The van der Waals surface area contributed by atoms with Gasteiger partial charge in [0, 0.05) is 32.1 Å². The number of piperidine rings is 1. The van der Waals surface area contributed by atoms with Gasteiger partial charge in [0.2, 0.25) is 11.8 Å². The maximum absolute atomic E-state index is 17.0. The van der Waals surface area contributed by atoms with Crippen molar-refractivity contribution in [3.63, 3.8) is 0 Å². The molecule has 0 radical (unpaired) electrons. The molecule has 6 aromatic rings. The summed E-state index contributed by atoms with van der Waals surface area (Å²) < 4.78 is 43.6. The van der Waals surface area contributed by atoms with Crippen LogP contribution in [0.5, 0.6) is 0 Å². The van der Waals surface area contributed by atoms with Crippen LogP contribution in [0.2, 0.25) is 0 Å². The molecule has 75 heavy (non-hydrogen) atoms. The van der Waals surface area contributed by atoms with Crippen LogP contribution in [-0.2, 0) is 19.1 Å². The maximum Gasteiger partial charge on any atom is 0.407 e. The standard InChI is InChI=1S/C58H69F2N9O6/c1-32(2)50(65-57(72)74-5)55(70)68-25-11-16-47(68)53-61-43-22-18-35(29-45(43)63-53)39-20-21-40(49(39)38-27-41(59)52(42(60)28-38)67-24-10-15-37(31-67)34-13-8-7-9-14-34)36-19-23-44-46(30-36)64-54(62-44)48-17-12-26-69(48)56(71)51(33(3)4)66-58(73)75-6/h7-9,13-14,18-19,22-23,27-30,32-33,37,39-40,47-51H,10-12,15-17,20-21,24-26,31H2,1-6H3,(H,61,63)(H,62,64)(H,65,72)(H,66,73)/t37?,39-,40-,47+,48+,49?,50+,51?/m1/s1. The second kappa shape index (κ2) is 21.7. The van der Waals surface area contributed by atoms with E-state index < -0.39 is 35.9 Å². The summed E-state index contributed by atoms with van der Waals surface area (Å²) in [6.45, 7) is 9.69. The number of carbonyl (C=O) groups excluding carboxylic acids is 4.